The number of rotatable bonds is 4. The van der Waals surface area contributed by atoms with Crippen LogP contribution in [0.15, 0.2) is 18.5 Å². The number of aromatic amines is 1. The lowest BCUT2D eigenvalue weighted by molar-refractivity contribution is -0.121. The Bertz CT molecular complexity index is 775. The van der Waals surface area contributed by atoms with Crippen LogP contribution in [-0.2, 0) is 4.79 Å². The van der Waals surface area contributed by atoms with Crippen molar-refractivity contribution >= 4 is 23.1 Å². The first-order chi connectivity index (χ1) is 11.5. The summed E-state index contributed by atoms with van der Waals surface area (Å²) in [4.78, 5) is 20.2. The largest absolute Gasteiger partial charge is 0.380 e. The minimum Gasteiger partial charge on any atom is -0.380 e. The molecule has 1 saturated heterocycles. The number of aromatic nitrogens is 2. The van der Waals surface area contributed by atoms with Gasteiger partial charge in [0.2, 0.25) is 6.41 Å². The highest BCUT2D eigenvalue weighted by molar-refractivity contribution is 5.93. The number of pyridine rings is 1. The van der Waals surface area contributed by atoms with Crippen molar-refractivity contribution in [3.8, 4) is 0 Å². The summed E-state index contributed by atoms with van der Waals surface area (Å²) in [6.07, 6.45) is 5.95. The fraction of sp³-hybridized carbons (Fsp3) is 0.529. The molecule has 0 spiro atoms. The molecule has 5 nitrogen and oxygen atoms in total. The van der Waals surface area contributed by atoms with Crippen molar-refractivity contribution in [3.05, 3.63) is 24.0 Å². The number of amides is 1. The van der Waals surface area contributed by atoms with E-state index >= 15 is 0 Å². The SMILES string of the molecule is CC1CCC(Nc2ccnc3[nH]cc(C4CC4(F)F)c23)CN1C=O. The molecular weight excluding hydrogens is 314 g/mol. The number of H-pyrrole nitrogens is 1. The number of hydrogen-bond donors (Lipinski definition) is 2. The molecule has 3 atom stereocenters. The highest BCUT2D eigenvalue weighted by Crippen LogP contribution is 2.57. The zero-order valence-electron chi connectivity index (χ0n) is 13.4. The molecule has 3 unspecified atom stereocenters. The smallest absolute Gasteiger partial charge is 0.256 e. The number of carbonyl (C=O) groups excluding carboxylic acids is 1. The summed E-state index contributed by atoms with van der Waals surface area (Å²) in [7, 11) is 0. The van der Waals surface area contributed by atoms with E-state index in [1.165, 1.54) is 0 Å². The van der Waals surface area contributed by atoms with Gasteiger partial charge in [-0.05, 0) is 31.4 Å². The standard InChI is InChI=1S/C17H20F2N4O/c1-10-2-3-11(8-23(10)9-24)22-14-4-5-20-16-15(14)12(7-21-16)13-6-17(13,18)19/h4-5,7,9-11,13H,2-3,6,8H2,1H3,(H2,20,21,22). The van der Waals surface area contributed by atoms with Gasteiger partial charge >= 0.3 is 0 Å². The molecule has 2 aromatic heterocycles. The predicted molar refractivity (Wildman–Crippen MR) is 87.3 cm³/mol. The maximum Gasteiger partial charge on any atom is 0.256 e. The third-order valence-corrected chi connectivity index (χ3v) is 5.23. The molecule has 0 radical (unpaired) electrons. The van der Waals surface area contributed by atoms with Crippen LogP contribution in [-0.4, -0.2) is 45.8 Å². The molecule has 2 N–H and O–H groups in total. The van der Waals surface area contributed by atoms with Gasteiger partial charge in [0.1, 0.15) is 5.65 Å². The van der Waals surface area contributed by atoms with Crippen molar-refractivity contribution in [2.24, 2.45) is 0 Å². The highest BCUT2D eigenvalue weighted by atomic mass is 19.3. The second-order valence-corrected chi connectivity index (χ2v) is 6.91. The average molecular weight is 334 g/mol. The van der Waals surface area contributed by atoms with Gasteiger partial charge in [0, 0.05) is 48.5 Å². The van der Waals surface area contributed by atoms with Crippen molar-refractivity contribution in [1.82, 2.24) is 14.9 Å². The number of fused-ring (bicyclic) bond motifs is 1. The Balaban J connectivity index is 1.62. The summed E-state index contributed by atoms with van der Waals surface area (Å²) in [6.45, 7) is 2.66. The minimum atomic E-state index is -2.61. The zero-order chi connectivity index (χ0) is 16.9. The van der Waals surface area contributed by atoms with Crippen molar-refractivity contribution in [1.29, 1.82) is 0 Å². The lowest BCUT2D eigenvalue weighted by Gasteiger charge is -2.36. The topological polar surface area (TPSA) is 61.0 Å². The van der Waals surface area contributed by atoms with Crippen LogP contribution in [0.25, 0.3) is 11.0 Å². The van der Waals surface area contributed by atoms with E-state index in [1.807, 2.05) is 13.0 Å². The number of anilines is 1. The highest BCUT2D eigenvalue weighted by Gasteiger charge is 2.58. The van der Waals surface area contributed by atoms with Gasteiger partial charge in [-0.15, -0.1) is 0 Å². The van der Waals surface area contributed by atoms with Crippen molar-refractivity contribution in [2.45, 2.75) is 50.1 Å². The van der Waals surface area contributed by atoms with Gasteiger partial charge in [0.15, 0.2) is 0 Å². The van der Waals surface area contributed by atoms with E-state index in [9.17, 15) is 13.6 Å². The molecule has 1 saturated carbocycles. The van der Waals surface area contributed by atoms with E-state index in [4.69, 9.17) is 0 Å². The molecule has 2 aromatic rings. The van der Waals surface area contributed by atoms with Gasteiger partial charge in [-0.2, -0.15) is 0 Å². The van der Waals surface area contributed by atoms with E-state index < -0.39 is 11.8 Å². The molecular formula is C17H20F2N4O. The van der Waals surface area contributed by atoms with Gasteiger partial charge in [0.05, 0.1) is 5.92 Å². The summed E-state index contributed by atoms with van der Waals surface area (Å²) in [5, 5.41) is 4.19. The normalized spacial score (nSPS) is 28.8. The molecule has 2 aliphatic rings. The van der Waals surface area contributed by atoms with E-state index in [-0.39, 0.29) is 18.5 Å². The Morgan fingerprint density at radius 2 is 2.25 bits per heavy atom. The molecule has 128 valence electrons. The molecule has 0 aromatic carbocycles. The van der Waals surface area contributed by atoms with Crippen LogP contribution in [0.5, 0.6) is 0 Å². The number of hydrogen-bond acceptors (Lipinski definition) is 3. The molecule has 7 heteroatoms. The number of likely N-dealkylation sites (tertiary alicyclic amines) is 1. The molecule has 2 fully saturated rings. The Kier molecular flexibility index (Phi) is 3.47. The second-order valence-electron chi connectivity index (χ2n) is 6.91. The van der Waals surface area contributed by atoms with E-state index in [2.05, 4.69) is 15.3 Å². The quantitative estimate of drug-likeness (QED) is 0.845. The number of nitrogens with one attached hydrogen (secondary N) is 2. The lowest BCUT2D eigenvalue weighted by atomic mass is 9.99. The van der Waals surface area contributed by atoms with Crippen molar-refractivity contribution in [2.75, 3.05) is 11.9 Å². The van der Waals surface area contributed by atoms with Crippen LogP contribution < -0.4 is 5.32 Å². The predicted octanol–water partition coefficient (Wildman–Crippen LogP) is 3.11. The number of carbonyl (C=O) groups is 1. The Labute approximate surface area is 138 Å². The molecule has 4 rings (SSSR count). The first kappa shape index (κ1) is 15.4. The number of nitrogens with zero attached hydrogens (tertiary/aromatic N) is 2. The Morgan fingerprint density at radius 3 is 2.96 bits per heavy atom. The van der Waals surface area contributed by atoms with E-state index in [0.717, 1.165) is 30.3 Å². The van der Waals surface area contributed by atoms with Gasteiger partial charge in [-0.1, -0.05) is 0 Å². The Hall–Kier alpha value is -2.18. The molecule has 3 heterocycles. The summed E-state index contributed by atoms with van der Waals surface area (Å²) < 4.78 is 27.0. The summed E-state index contributed by atoms with van der Waals surface area (Å²) >= 11 is 0. The van der Waals surface area contributed by atoms with Crippen LogP contribution in [0.1, 0.15) is 37.7 Å². The minimum absolute atomic E-state index is 0.103. The number of piperidine rings is 1. The number of alkyl halides is 2. The van der Waals surface area contributed by atoms with Crippen LogP contribution in [0.3, 0.4) is 0 Å². The fourth-order valence-electron chi connectivity index (χ4n) is 3.65. The number of halogens is 2. The lowest BCUT2D eigenvalue weighted by Crippen LogP contribution is -2.46. The first-order valence-corrected chi connectivity index (χ1v) is 8.31. The summed E-state index contributed by atoms with van der Waals surface area (Å²) in [6, 6.07) is 2.18. The summed E-state index contributed by atoms with van der Waals surface area (Å²) in [5.41, 5.74) is 2.06. The van der Waals surface area contributed by atoms with E-state index in [0.29, 0.717) is 17.8 Å². The average Bonchev–Trinajstić information content (AvgIpc) is 3.00. The molecule has 0 bridgehead atoms. The summed E-state index contributed by atoms with van der Waals surface area (Å²) in [5.74, 6) is -3.34. The second kappa shape index (κ2) is 5.43. The van der Waals surface area contributed by atoms with Gasteiger partial charge in [0.25, 0.3) is 5.92 Å². The monoisotopic (exact) mass is 334 g/mol. The van der Waals surface area contributed by atoms with Gasteiger partial charge in [-0.3, -0.25) is 4.79 Å². The first-order valence-electron chi connectivity index (χ1n) is 8.31. The van der Waals surface area contributed by atoms with Crippen molar-refractivity contribution < 1.29 is 13.6 Å². The third-order valence-electron chi connectivity index (χ3n) is 5.23. The van der Waals surface area contributed by atoms with Crippen LogP contribution in [0, 0.1) is 0 Å². The van der Waals surface area contributed by atoms with Gasteiger partial charge < -0.3 is 15.2 Å². The molecule has 1 aliphatic heterocycles. The molecule has 24 heavy (non-hydrogen) atoms. The zero-order valence-corrected chi connectivity index (χ0v) is 13.4. The van der Waals surface area contributed by atoms with E-state index in [1.54, 1.807) is 17.3 Å². The van der Waals surface area contributed by atoms with Gasteiger partial charge in [-0.25, -0.2) is 13.8 Å². The third kappa shape index (κ3) is 2.52. The maximum absolute atomic E-state index is 13.5. The Morgan fingerprint density at radius 1 is 1.46 bits per heavy atom. The maximum atomic E-state index is 13.5. The van der Waals surface area contributed by atoms with Crippen LogP contribution in [0.2, 0.25) is 0 Å². The fourth-order valence-corrected chi connectivity index (χ4v) is 3.65. The molecule has 1 aliphatic carbocycles. The van der Waals surface area contributed by atoms with Crippen molar-refractivity contribution in [3.63, 3.8) is 0 Å². The van der Waals surface area contributed by atoms with Crippen LogP contribution >= 0.6 is 0 Å². The van der Waals surface area contributed by atoms with Crippen LogP contribution in [0.4, 0.5) is 14.5 Å². The molecule has 1 amide bonds.